The van der Waals surface area contributed by atoms with Crippen LogP contribution in [0.5, 0.6) is 0 Å². The molecule has 0 fully saturated rings. The Morgan fingerprint density at radius 1 is 1.32 bits per heavy atom. The molecule has 1 aromatic carbocycles. The van der Waals surface area contributed by atoms with Crippen LogP contribution in [-0.4, -0.2) is 19.4 Å². The summed E-state index contributed by atoms with van der Waals surface area (Å²) in [6.45, 7) is 1.78. The molecule has 2 rings (SSSR count). The number of aryl methyl sites for hydroxylation is 1. The van der Waals surface area contributed by atoms with E-state index in [-0.39, 0.29) is 10.7 Å². The number of anilines is 1. The molecule has 0 atom stereocenters. The van der Waals surface area contributed by atoms with Crippen molar-refractivity contribution < 1.29 is 17.4 Å². The van der Waals surface area contributed by atoms with Crippen molar-refractivity contribution >= 4 is 32.7 Å². The molecule has 0 aliphatic heterocycles. The van der Waals surface area contributed by atoms with Gasteiger partial charge in [0.05, 0.1) is 5.56 Å². The van der Waals surface area contributed by atoms with Crippen LogP contribution in [0.1, 0.15) is 15.2 Å². The minimum atomic E-state index is -4.22. The molecule has 0 radical (unpaired) electrons. The van der Waals surface area contributed by atoms with Gasteiger partial charge in [-0.05, 0) is 19.1 Å². The van der Waals surface area contributed by atoms with Gasteiger partial charge in [0.15, 0.2) is 5.13 Å². The summed E-state index contributed by atoms with van der Waals surface area (Å²) in [4.78, 5) is 16.3. The second kappa shape index (κ2) is 5.37. The third kappa shape index (κ3) is 3.76. The third-order valence-electron chi connectivity index (χ3n) is 2.03. The minimum Gasteiger partial charge on any atom is -0.325 e. The fourth-order valence-electron chi connectivity index (χ4n) is 1.25. The van der Waals surface area contributed by atoms with E-state index in [1.807, 2.05) is 0 Å². The minimum absolute atomic E-state index is 0.151. The van der Waals surface area contributed by atoms with Crippen LogP contribution in [0, 0.1) is 6.92 Å². The van der Waals surface area contributed by atoms with E-state index < -0.39 is 16.3 Å². The number of hydrogen-bond donors (Lipinski definition) is 1. The molecule has 1 heterocycles. The fourth-order valence-corrected chi connectivity index (χ4v) is 2.84. The van der Waals surface area contributed by atoms with E-state index in [1.54, 1.807) is 25.1 Å². The van der Waals surface area contributed by atoms with Crippen molar-refractivity contribution in [3.05, 3.63) is 47.0 Å². The Morgan fingerprint density at radius 2 is 2.00 bits per heavy atom. The summed E-state index contributed by atoms with van der Waals surface area (Å²) in [6, 6.07) is 7.86. The monoisotopic (exact) mass is 298 g/mol. The van der Waals surface area contributed by atoms with Crippen LogP contribution in [0.4, 0.5) is 5.13 Å². The molecule has 19 heavy (non-hydrogen) atoms. The first kappa shape index (κ1) is 13.5. The lowest BCUT2D eigenvalue weighted by Gasteiger charge is -2.05. The first-order valence-electron chi connectivity index (χ1n) is 5.20. The Balaban J connectivity index is 2.07. The first-order valence-corrected chi connectivity index (χ1v) is 7.43. The lowest BCUT2D eigenvalue weighted by atomic mass is 10.2. The van der Waals surface area contributed by atoms with Crippen LogP contribution >= 0.6 is 11.3 Å². The van der Waals surface area contributed by atoms with Crippen molar-refractivity contribution in [2.75, 3.05) is 4.72 Å². The molecule has 0 bridgehead atoms. The molecule has 6 nitrogen and oxygen atoms in total. The number of benzene rings is 1. The zero-order valence-corrected chi connectivity index (χ0v) is 11.5. The first-order chi connectivity index (χ1) is 8.96. The highest BCUT2D eigenvalue weighted by molar-refractivity contribution is 7.88. The Labute approximate surface area is 114 Å². The van der Waals surface area contributed by atoms with E-state index in [0.717, 1.165) is 16.2 Å². The van der Waals surface area contributed by atoms with Crippen molar-refractivity contribution in [3.8, 4) is 0 Å². The molecule has 0 unspecified atom stereocenters. The molecule has 8 heteroatoms. The maximum Gasteiger partial charge on any atom is 0.412 e. The van der Waals surface area contributed by atoms with E-state index >= 15 is 0 Å². The van der Waals surface area contributed by atoms with Crippen LogP contribution in [0.3, 0.4) is 0 Å². The molecule has 0 saturated heterocycles. The van der Waals surface area contributed by atoms with Gasteiger partial charge in [0.1, 0.15) is 0 Å². The highest BCUT2D eigenvalue weighted by Gasteiger charge is 2.19. The molecule has 0 spiro atoms. The number of carbonyl (C=O) groups excluding carboxylic acids is 1. The summed E-state index contributed by atoms with van der Waals surface area (Å²) in [5.41, 5.74) is 0.156. The van der Waals surface area contributed by atoms with E-state index in [9.17, 15) is 13.2 Å². The van der Waals surface area contributed by atoms with E-state index in [2.05, 4.69) is 13.9 Å². The number of thiazole rings is 1. The largest absolute Gasteiger partial charge is 0.412 e. The zero-order chi connectivity index (χ0) is 13.9. The fraction of sp³-hybridized carbons (Fsp3) is 0.0909. The topological polar surface area (TPSA) is 85.4 Å². The summed E-state index contributed by atoms with van der Waals surface area (Å²) in [5, 5.41) is 0.151. The summed E-state index contributed by atoms with van der Waals surface area (Å²) in [7, 11) is -4.22. The van der Waals surface area contributed by atoms with Crippen molar-refractivity contribution in [2.24, 2.45) is 0 Å². The van der Waals surface area contributed by atoms with Crippen molar-refractivity contribution in [3.63, 3.8) is 0 Å². The second-order valence-corrected chi connectivity index (χ2v) is 6.08. The summed E-state index contributed by atoms with van der Waals surface area (Å²) in [5.74, 6) is -0.943. The Bertz CT molecular complexity index is 680. The molecule has 0 aliphatic carbocycles. The van der Waals surface area contributed by atoms with E-state index in [0.29, 0.717) is 0 Å². The van der Waals surface area contributed by atoms with Gasteiger partial charge in [0.25, 0.3) is 0 Å². The average molecular weight is 298 g/mol. The average Bonchev–Trinajstić information content (AvgIpc) is 2.74. The molecule has 1 N–H and O–H groups in total. The number of hydrogen-bond acceptors (Lipinski definition) is 6. The molecular formula is C11H10N2O4S2. The number of nitrogens with one attached hydrogen (secondary N) is 1. The van der Waals surface area contributed by atoms with Gasteiger partial charge in [0, 0.05) is 11.1 Å². The van der Waals surface area contributed by atoms with Gasteiger partial charge in [-0.1, -0.05) is 18.2 Å². The molecule has 2 aromatic rings. The van der Waals surface area contributed by atoms with Gasteiger partial charge in [-0.3, -0.25) is 0 Å². The molecule has 100 valence electrons. The van der Waals surface area contributed by atoms with E-state index in [1.165, 1.54) is 18.3 Å². The smallest absolute Gasteiger partial charge is 0.325 e. The van der Waals surface area contributed by atoms with Crippen molar-refractivity contribution in [2.45, 2.75) is 6.92 Å². The van der Waals surface area contributed by atoms with Crippen molar-refractivity contribution in [1.29, 1.82) is 0 Å². The highest BCUT2D eigenvalue weighted by atomic mass is 32.2. The Morgan fingerprint density at radius 3 is 2.58 bits per heavy atom. The highest BCUT2D eigenvalue weighted by Crippen LogP contribution is 2.18. The number of nitrogens with zero attached hydrogens (tertiary/aromatic N) is 1. The lowest BCUT2D eigenvalue weighted by molar-refractivity contribution is 0.0748. The predicted octanol–water partition coefficient (Wildman–Crippen LogP) is 1.97. The molecule has 0 amide bonds. The maximum atomic E-state index is 11.6. The molecule has 0 aliphatic rings. The van der Waals surface area contributed by atoms with Crippen molar-refractivity contribution in [1.82, 2.24) is 4.98 Å². The van der Waals surface area contributed by atoms with Crippen LogP contribution in [0.2, 0.25) is 0 Å². The van der Waals surface area contributed by atoms with Crippen LogP contribution in [0.25, 0.3) is 0 Å². The third-order valence-corrected chi connectivity index (χ3v) is 3.80. The van der Waals surface area contributed by atoms with Crippen LogP contribution in [-0.2, 0) is 14.5 Å². The van der Waals surface area contributed by atoms with Crippen LogP contribution < -0.4 is 4.72 Å². The van der Waals surface area contributed by atoms with Gasteiger partial charge >= 0.3 is 16.3 Å². The van der Waals surface area contributed by atoms with E-state index in [4.69, 9.17) is 0 Å². The normalized spacial score (nSPS) is 11.0. The summed E-state index contributed by atoms with van der Waals surface area (Å²) >= 11 is 1.14. The number of carbonyl (C=O) groups is 1. The Kier molecular flexibility index (Phi) is 3.82. The maximum absolute atomic E-state index is 11.6. The Hall–Kier alpha value is -1.93. The SMILES string of the molecule is Cc1cnc(NS(=O)(=O)OC(=O)c2ccccc2)s1. The number of rotatable bonds is 4. The standard InChI is InChI=1S/C11H10N2O4S2/c1-8-7-12-11(18-8)13-19(15,16)17-10(14)9-5-3-2-4-6-9/h2-7H,1H3,(H,12,13). The van der Waals surface area contributed by atoms with Gasteiger partial charge in [-0.15, -0.1) is 11.3 Å². The summed E-state index contributed by atoms with van der Waals surface area (Å²) < 4.78 is 29.7. The molecule has 0 saturated carbocycles. The quantitative estimate of drug-likeness (QED) is 0.932. The lowest BCUT2D eigenvalue weighted by Crippen LogP contribution is -2.20. The van der Waals surface area contributed by atoms with Gasteiger partial charge in [0.2, 0.25) is 0 Å². The zero-order valence-electron chi connectivity index (χ0n) is 9.86. The molecule has 1 aromatic heterocycles. The predicted molar refractivity (Wildman–Crippen MR) is 71.3 cm³/mol. The molecular weight excluding hydrogens is 288 g/mol. The van der Waals surface area contributed by atoms with Crippen LogP contribution in [0.15, 0.2) is 36.5 Å². The van der Waals surface area contributed by atoms with Gasteiger partial charge in [-0.25, -0.2) is 14.5 Å². The van der Waals surface area contributed by atoms with Gasteiger partial charge in [-0.2, -0.15) is 8.42 Å². The van der Waals surface area contributed by atoms with Gasteiger partial charge < -0.3 is 4.18 Å². The summed E-state index contributed by atoms with van der Waals surface area (Å²) in [6.07, 6.45) is 1.52. The second-order valence-electron chi connectivity index (χ2n) is 3.57. The number of aromatic nitrogens is 1.